The molecule has 1 N–H and O–H groups in total. The Labute approximate surface area is 80.9 Å². The van der Waals surface area contributed by atoms with Gasteiger partial charge in [-0.15, -0.1) is 0 Å². The number of nitrogens with one attached hydrogen (secondary N) is 1. The van der Waals surface area contributed by atoms with Gasteiger partial charge in [0.05, 0.1) is 7.11 Å². The molecule has 0 saturated carbocycles. The van der Waals surface area contributed by atoms with Crippen molar-refractivity contribution in [3.8, 4) is 5.75 Å². The SMILES string of the molecule is COc1cccc2c1[C@@H](C=O)C(=O)N2. The lowest BCUT2D eigenvalue weighted by molar-refractivity contribution is -0.121. The van der Waals surface area contributed by atoms with E-state index in [1.165, 1.54) is 7.11 Å². The average molecular weight is 191 g/mol. The van der Waals surface area contributed by atoms with Crippen molar-refractivity contribution in [2.45, 2.75) is 5.92 Å². The molecular formula is C10H9NO3. The van der Waals surface area contributed by atoms with Crippen molar-refractivity contribution < 1.29 is 14.3 Å². The van der Waals surface area contributed by atoms with Crippen LogP contribution in [0, 0.1) is 0 Å². The molecule has 0 aliphatic carbocycles. The zero-order valence-electron chi connectivity index (χ0n) is 7.61. The van der Waals surface area contributed by atoms with Crippen LogP contribution in [0.25, 0.3) is 0 Å². The molecule has 4 nitrogen and oxygen atoms in total. The monoisotopic (exact) mass is 191 g/mol. The van der Waals surface area contributed by atoms with Crippen LogP contribution in [0.5, 0.6) is 5.75 Å². The summed E-state index contributed by atoms with van der Waals surface area (Å²) >= 11 is 0. The second-order valence-corrected chi connectivity index (χ2v) is 3.02. The zero-order valence-corrected chi connectivity index (χ0v) is 7.61. The maximum atomic E-state index is 11.3. The molecular weight excluding hydrogens is 182 g/mol. The first-order chi connectivity index (χ1) is 6.77. The van der Waals surface area contributed by atoms with Gasteiger partial charge in [0.2, 0.25) is 5.91 Å². The molecule has 0 fully saturated rings. The summed E-state index contributed by atoms with van der Waals surface area (Å²) in [6.07, 6.45) is 0.629. The second-order valence-electron chi connectivity index (χ2n) is 3.02. The topological polar surface area (TPSA) is 55.4 Å². The molecule has 72 valence electrons. The number of ether oxygens (including phenoxy) is 1. The summed E-state index contributed by atoms with van der Waals surface area (Å²) in [5.74, 6) is -0.460. The van der Waals surface area contributed by atoms with Crippen LogP contribution < -0.4 is 10.1 Å². The minimum Gasteiger partial charge on any atom is -0.496 e. The molecule has 1 atom stereocenters. The molecule has 0 bridgehead atoms. The highest BCUT2D eigenvalue weighted by Gasteiger charge is 2.32. The van der Waals surface area contributed by atoms with Gasteiger partial charge in [0.25, 0.3) is 0 Å². The summed E-state index contributed by atoms with van der Waals surface area (Å²) in [6, 6.07) is 5.25. The summed E-state index contributed by atoms with van der Waals surface area (Å²) in [4.78, 5) is 22.1. The van der Waals surface area contributed by atoms with Crippen molar-refractivity contribution in [2.24, 2.45) is 0 Å². The number of aldehydes is 1. The first-order valence-electron chi connectivity index (χ1n) is 4.21. The summed E-state index contributed by atoms with van der Waals surface area (Å²) in [5, 5.41) is 2.62. The van der Waals surface area contributed by atoms with Gasteiger partial charge >= 0.3 is 0 Å². The summed E-state index contributed by atoms with van der Waals surface area (Å²) in [6.45, 7) is 0. The number of carbonyl (C=O) groups is 2. The molecule has 1 aliphatic heterocycles. The van der Waals surface area contributed by atoms with Gasteiger partial charge in [0, 0.05) is 11.3 Å². The Bertz CT molecular complexity index is 400. The Morgan fingerprint density at radius 1 is 1.50 bits per heavy atom. The zero-order chi connectivity index (χ0) is 10.1. The van der Waals surface area contributed by atoms with Crippen molar-refractivity contribution in [1.29, 1.82) is 0 Å². The number of fused-ring (bicyclic) bond motifs is 1. The Kier molecular flexibility index (Phi) is 1.96. The Balaban J connectivity index is 2.59. The van der Waals surface area contributed by atoms with Gasteiger partial charge in [-0.1, -0.05) is 6.07 Å². The third-order valence-electron chi connectivity index (χ3n) is 2.27. The van der Waals surface area contributed by atoms with E-state index in [0.29, 0.717) is 23.3 Å². The number of benzene rings is 1. The minimum atomic E-state index is -0.735. The van der Waals surface area contributed by atoms with E-state index in [1.807, 2.05) is 0 Å². The smallest absolute Gasteiger partial charge is 0.239 e. The molecule has 0 aromatic heterocycles. The van der Waals surface area contributed by atoms with Crippen LogP contribution in [-0.4, -0.2) is 19.3 Å². The number of rotatable bonds is 2. The van der Waals surface area contributed by atoms with Crippen LogP contribution in [0.15, 0.2) is 18.2 Å². The largest absolute Gasteiger partial charge is 0.496 e. The first kappa shape index (κ1) is 8.74. The van der Waals surface area contributed by atoms with Crippen molar-refractivity contribution in [3.63, 3.8) is 0 Å². The van der Waals surface area contributed by atoms with Gasteiger partial charge < -0.3 is 14.8 Å². The second kappa shape index (κ2) is 3.14. The first-order valence-corrected chi connectivity index (χ1v) is 4.21. The standard InChI is InChI=1S/C10H9NO3/c1-14-8-4-2-3-7-9(8)6(5-12)10(13)11-7/h2-6H,1H3,(H,11,13)/t6-/m1/s1. The predicted octanol–water partition coefficient (Wildman–Crippen LogP) is 0.930. The average Bonchev–Trinajstić information content (AvgIpc) is 2.52. The van der Waals surface area contributed by atoms with E-state index in [-0.39, 0.29) is 5.91 Å². The lowest BCUT2D eigenvalue weighted by Gasteiger charge is -2.06. The minimum absolute atomic E-state index is 0.292. The molecule has 1 heterocycles. The number of hydrogen-bond donors (Lipinski definition) is 1. The van der Waals surface area contributed by atoms with E-state index >= 15 is 0 Å². The molecule has 1 amide bonds. The number of anilines is 1. The molecule has 1 aliphatic rings. The van der Waals surface area contributed by atoms with Crippen molar-refractivity contribution in [1.82, 2.24) is 0 Å². The number of amides is 1. The van der Waals surface area contributed by atoms with E-state index in [4.69, 9.17) is 4.74 Å². The van der Waals surface area contributed by atoms with E-state index in [9.17, 15) is 9.59 Å². The molecule has 0 unspecified atom stereocenters. The molecule has 1 aromatic rings. The lowest BCUT2D eigenvalue weighted by Crippen LogP contribution is -2.12. The predicted molar refractivity (Wildman–Crippen MR) is 50.4 cm³/mol. The Hall–Kier alpha value is -1.84. The number of carbonyl (C=O) groups excluding carboxylic acids is 2. The highest BCUT2D eigenvalue weighted by Crippen LogP contribution is 2.37. The van der Waals surface area contributed by atoms with E-state index in [1.54, 1.807) is 18.2 Å². The molecule has 0 spiro atoms. The summed E-state index contributed by atoms with van der Waals surface area (Å²) in [5.41, 5.74) is 1.29. The quantitative estimate of drug-likeness (QED) is 0.558. The molecule has 1 aromatic carbocycles. The van der Waals surface area contributed by atoms with E-state index in [2.05, 4.69) is 5.32 Å². The molecule has 14 heavy (non-hydrogen) atoms. The van der Waals surface area contributed by atoms with Crippen molar-refractivity contribution in [3.05, 3.63) is 23.8 Å². The van der Waals surface area contributed by atoms with E-state index < -0.39 is 5.92 Å². The highest BCUT2D eigenvalue weighted by molar-refractivity contribution is 6.12. The van der Waals surface area contributed by atoms with Crippen molar-refractivity contribution >= 4 is 17.9 Å². The highest BCUT2D eigenvalue weighted by atomic mass is 16.5. The van der Waals surface area contributed by atoms with Gasteiger partial charge in [0.1, 0.15) is 18.0 Å². The van der Waals surface area contributed by atoms with Crippen LogP contribution >= 0.6 is 0 Å². The van der Waals surface area contributed by atoms with Crippen LogP contribution in [0.4, 0.5) is 5.69 Å². The third-order valence-corrected chi connectivity index (χ3v) is 2.27. The van der Waals surface area contributed by atoms with Crippen LogP contribution in [0.3, 0.4) is 0 Å². The van der Waals surface area contributed by atoms with E-state index in [0.717, 1.165) is 0 Å². The third kappa shape index (κ3) is 1.08. The maximum Gasteiger partial charge on any atom is 0.239 e. The van der Waals surface area contributed by atoms with Gasteiger partial charge in [-0.2, -0.15) is 0 Å². The lowest BCUT2D eigenvalue weighted by atomic mass is 10.0. The van der Waals surface area contributed by atoms with Gasteiger partial charge in [-0.25, -0.2) is 0 Å². The van der Waals surface area contributed by atoms with Crippen LogP contribution in [-0.2, 0) is 9.59 Å². The number of methoxy groups -OCH3 is 1. The summed E-state index contributed by atoms with van der Waals surface area (Å²) in [7, 11) is 1.51. The molecule has 0 saturated heterocycles. The van der Waals surface area contributed by atoms with Gasteiger partial charge in [0.15, 0.2) is 0 Å². The fraction of sp³-hybridized carbons (Fsp3) is 0.200. The molecule has 0 radical (unpaired) electrons. The Morgan fingerprint density at radius 3 is 2.93 bits per heavy atom. The molecule has 2 rings (SSSR count). The van der Waals surface area contributed by atoms with Gasteiger partial charge in [-0.05, 0) is 12.1 Å². The Morgan fingerprint density at radius 2 is 2.29 bits per heavy atom. The maximum absolute atomic E-state index is 11.3. The van der Waals surface area contributed by atoms with Crippen molar-refractivity contribution in [2.75, 3.05) is 12.4 Å². The fourth-order valence-corrected chi connectivity index (χ4v) is 1.62. The summed E-state index contributed by atoms with van der Waals surface area (Å²) < 4.78 is 5.09. The van der Waals surface area contributed by atoms with Crippen LogP contribution in [0.1, 0.15) is 11.5 Å². The normalized spacial score (nSPS) is 18.6. The van der Waals surface area contributed by atoms with Gasteiger partial charge in [-0.3, -0.25) is 4.79 Å². The fourth-order valence-electron chi connectivity index (χ4n) is 1.62. The molecule has 4 heteroatoms. The van der Waals surface area contributed by atoms with Crippen LogP contribution in [0.2, 0.25) is 0 Å². The number of hydrogen-bond acceptors (Lipinski definition) is 3.